The van der Waals surface area contributed by atoms with Crippen LogP contribution in [0.5, 0.6) is 5.75 Å². The summed E-state index contributed by atoms with van der Waals surface area (Å²) in [4.78, 5) is 2.37. The zero-order chi connectivity index (χ0) is 13.4. The van der Waals surface area contributed by atoms with Crippen LogP contribution in [0.4, 0.5) is 5.69 Å². The highest BCUT2D eigenvalue weighted by atomic mass is 16.5. The standard InChI is InChI=1S/C15H26N2O/c1-4-13(2)12-17(3)9-6-10-18-15-8-5-7-14(16)11-15/h5,7-8,11,13H,4,6,9-10,12,16H2,1-3H3. The molecule has 102 valence electrons. The van der Waals surface area contributed by atoms with Gasteiger partial charge in [-0.15, -0.1) is 0 Å². The van der Waals surface area contributed by atoms with Gasteiger partial charge in [-0.1, -0.05) is 26.3 Å². The van der Waals surface area contributed by atoms with Crippen molar-refractivity contribution in [1.82, 2.24) is 4.90 Å². The van der Waals surface area contributed by atoms with Crippen LogP contribution in [0.3, 0.4) is 0 Å². The topological polar surface area (TPSA) is 38.5 Å². The van der Waals surface area contributed by atoms with E-state index < -0.39 is 0 Å². The molecule has 3 nitrogen and oxygen atoms in total. The number of rotatable bonds is 8. The molecule has 1 aromatic carbocycles. The molecule has 1 unspecified atom stereocenters. The number of nitrogens with zero attached hydrogens (tertiary/aromatic N) is 1. The average molecular weight is 250 g/mol. The van der Waals surface area contributed by atoms with Crippen molar-refractivity contribution in [2.75, 3.05) is 32.5 Å². The van der Waals surface area contributed by atoms with Crippen LogP contribution in [0.15, 0.2) is 24.3 Å². The normalized spacial score (nSPS) is 12.7. The fourth-order valence-electron chi connectivity index (χ4n) is 1.88. The van der Waals surface area contributed by atoms with E-state index in [1.165, 1.54) is 6.42 Å². The number of ether oxygens (including phenoxy) is 1. The van der Waals surface area contributed by atoms with Crippen molar-refractivity contribution in [3.63, 3.8) is 0 Å². The van der Waals surface area contributed by atoms with Crippen molar-refractivity contribution in [3.8, 4) is 5.75 Å². The van der Waals surface area contributed by atoms with Crippen molar-refractivity contribution in [3.05, 3.63) is 24.3 Å². The van der Waals surface area contributed by atoms with E-state index in [4.69, 9.17) is 10.5 Å². The summed E-state index contributed by atoms with van der Waals surface area (Å²) in [5.74, 6) is 1.63. The van der Waals surface area contributed by atoms with E-state index in [2.05, 4.69) is 25.8 Å². The summed E-state index contributed by atoms with van der Waals surface area (Å²) in [6, 6.07) is 7.59. The van der Waals surface area contributed by atoms with Gasteiger partial charge in [0.2, 0.25) is 0 Å². The highest BCUT2D eigenvalue weighted by molar-refractivity contribution is 5.43. The molecular weight excluding hydrogens is 224 g/mol. The van der Waals surface area contributed by atoms with E-state index >= 15 is 0 Å². The van der Waals surface area contributed by atoms with Crippen molar-refractivity contribution < 1.29 is 4.74 Å². The predicted molar refractivity (Wildman–Crippen MR) is 77.9 cm³/mol. The van der Waals surface area contributed by atoms with Crippen LogP contribution in [-0.2, 0) is 0 Å². The zero-order valence-corrected chi connectivity index (χ0v) is 11.9. The monoisotopic (exact) mass is 250 g/mol. The Labute approximate surface area is 111 Å². The van der Waals surface area contributed by atoms with Crippen molar-refractivity contribution >= 4 is 5.69 Å². The molecule has 2 N–H and O–H groups in total. The first-order chi connectivity index (χ1) is 8.61. The minimum Gasteiger partial charge on any atom is -0.493 e. The third kappa shape index (κ3) is 5.92. The van der Waals surface area contributed by atoms with Crippen LogP contribution in [0.1, 0.15) is 26.7 Å². The maximum absolute atomic E-state index is 5.69. The van der Waals surface area contributed by atoms with E-state index in [0.717, 1.165) is 43.5 Å². The molecule has 0 aromatic heterocycles. The average Bonchev–Trinajstić information content (AvgIpc) is 2.34. The number of benzene rings is 1. The minimum absolute atomic E-state index is 0.744. The molecule has 0 heterocycles. The Morgan fingerprint density at radius 1 is 1.39 bits per heavy atom. The maximum atomic E-state index is 5.69. The third-order valence-corrected chi connectivity index (χ3v) is 3.13. The molecule has 18 heavy (non-hydrogen) atoms. The molecule has 0 saturated carbocycles. The first kappa shape index (κ1) is 14.8. The van der Waals surface area contributed by atoms with Gasteiger partial charge in [-0.05, 0) is 31.5 Å². The van der Waals surface area contributed by atoms with E-state index in [1.807, 2.05) is 24.3 Å². The van der Waals surface area contributed by atoms with E-state index in [-0.39, 0.29) is 0 Å². The molecule has 0 aliphatic carbocycles. The Morgan fingerprint density at radius 3 is 2.83 bits per heavy atom. The van der Waals surface area contributed by atoms with Gasteiger partial charge in [0.1, 0.15) is 5.75 Å². The van der Waals surface area contributed by atoms with Gasteiger partial charge in [-0.2, -0.15) is 0 Å². The molecule has 0 aliphatic rings. The third-order valence-electron chi connectivity index (χ3n) is 3.13. The highest BCUT2D eigenvalue weighted by Crippen LogP contribution is 2.14. The number of anilines is 1. The lowest BCUT2D eigenvalue weighted by molar-refractivity contribution is 0.241. The van der Waals surface area contributed by atoms with Crippen LogP contribution in [0, 0.1) is 5.92 Å². The lowest BCUT2D eigenvalue weighted by atomic mass is 10.1. The largest absolute Gasteiger partial charge is 0.493 e. The molecule has 0 spiro atoms. The van der Waals surface area contributed by atoms with Crippen LogP contribution in [-0.4, -0.2) is 31.6 Å². The van der Waals surface area contributed by atoms with Crippen molar-refractivity contribution in [1.29, 1.82) is 0 Å². The first-order valence-electron chi connectivity index (χ1n) is 6.78. The SMILES string of the molecule is CCC(C)CN(C)CCCOc1cccc(N)c1. The van der Waals surface area contributed by atoms with Gasteiger partial charge >= 0.3 is 0 Å². The van der Waals surface area contributed by atoms with Gasteiger partial charge < -0.3 is 15.4 Å². The van der Waals surface area contributed by atoms with Crippen LogP contribution >= 0.6 is 0 Å². The van der Waals surface area contributed by atoms with Gasteiger partial charge in [0.05, 0.1) is 6.61 Å². The molecular formula is C15H26N2O. The Balaban J connectivity index is 2.15. The summed E-state index contributed by atoms with van der Waals surface area (Å²) in [5.41, 5.74) is 6.44. The van der Waals surface area contributed by atoms with Gasteiger partial charge in [0.15, 0.2) is 0 Å². The number of nitrogen functional groups attached to an aromatic ring is 1. The highest BCUT2D eigenvalue weighted by Gasteiger charge is 2.04. The molecule has 1 rings (SSSR count). The smallest absolute Gasteiger partial charge is 0.121 e. The van der Waals surface area contributed by atoms with Gasteiger partial charge in [-0.3, -0.25) is 0 Å². The van der Waals surface area contributed by atoms with Crippen LogP contribution < -0.4 is 10.5 Å². The molecule has 0 saturated heterocycles. The summed E-state index contributed by atoms with van der Waals surface area (Å²) < 4.78 is 5.66. The predicted octanol–water partition coefficient (Wildman–Crippen LogP) is 3.02. The van der Waals surface area contributed by atoms with E-state index in [1.54, 1.807) is 0 Å². The molecule has 1 aromatic rings. The van der Waals surface area contributed by atoms with Crippen molar-refractivity contribution in [2.24, 2.45) is 5.92 Å². The fourth-order valence-corrected chi connectivity index (χ4v) is 1.88. The number of nitrogens with two attached hydrogens (primary N) is 1. The number of hydrogen-bond acceptors (Lipinski definition) is 3. The first-order valence-corrected chi connectivity index (χ1v) is 6.78. The summed E-state index contributed by atoms with van der Waals surface area (Å²) in [5, 5.41) is 0. The lowest BCUT2D eigenvalue weighted by Gasteiger charge is -2.20. The summed E-state index contributed by atoms with van der Waals surface area (Å²) in [6.07, 6.45) is 2.28. The molecule has 0 fully saturated rings. The minimum atomic E-state index is 0.744. The summed E-state index contributed by atoms with van der Waals surface area (Å²) >= 11 is 0. The Bertz CT molecular complexity index is 341. The Kier molecular flexibility index (Phi) is 6.58. The van der Waals surface area contributed by atoms with Crippen molar-refractivity contribution in [2.45, 2.75) is 26.7 Å². The number of hydrogen-bond donors (Lipinski definition) is 1. The lowest BCUT2D eigenvalue weighted by Crippen LogP contribution is -2.26. The van der Waals surface area contributed by atoms with E-state index in [9.17, 15) is 0 Å². The summed E-state index contributed by atoms with van der Waals surface area (Å²) in [6.45, 7) is 7.51. The molecule has 0 radical (unpaired) electrons. The van der Waals surface area contributed by atoms with Crippen LogP contribution in [0.25, 0.3) is 0 Å². The molecule has 0 bridgehead atoms. The molecule has 3 heteroatoms. The quantitative estimate of drug-likeness (QED) is 0.569. The second-order valence-corrected chi connectivity index (χ2v) is 5.05. The maximum Gasteiger partial charge on any atom is 0.121 e. The van der Waals surface area contributed by atoms with Crippen LogP contribution in [0.2, 0.25) is 0 Å². The molecule has 1 atom stereocenters. The summed E-state index contributed by atoms with van der Waals surface area (Å²) in [7, 11) is 2.17. The Morgan fingerprint density at radius 2 is 2.17 bits per heavy atom. The fraction of sp³-hybridized carbons (Fsp3) is 0.600. The Hall–Kier alpha value is -1.22. The zero-order valence-electron chi connectivity index (χ0n) is 11.9. The van der Waals surface area contributed by atoms with Gasteiger partial charge in [-0.25, -0.2) is 0 Å². The van der Waals surface area contributed by atoms with Gasteiger partial charge in [0, 0.05) is 24.8 Å². The van der Waals surface area contributed by atoms with Gasteiger partial charge in [0.25, 0.3) is 0 Å². The second kappa shape index (κ2) is 7.98. The molecule has 0 aliphatic heterocycles. The second-order valence-electron chi connectivity index (χ2n) is 5.05. The molecule has 0 amide bonds. The van der Waals surface area contributed by atoms with E-state index in [0.29, 0.717) is 0 Å².